The minimum absolute atomic E-state index is 0.0140. The van der Waals surface area contributed by atoms with E-state index in [9.17, 15) is 14.4 Å². The molecule has 0 aromatic heterocycles. The van der Waals surface area contributed by atoms with E-state index in [4.69, 9.17) is 33.7 Å². The first-order valence-corrected chi connectivity index (χ1v) is 8.43. The predicted octanol–water partition coefficient (Wildman–Crippen LogP) is 0.592. The number of hydrogen-bond donors (Lipinski definition) is 2. The van der Waals surface area contributed by atoms with Gasteiger partial charge in [-0.3, -0.25) is 9.59 Å². The number of benzene rings is 1. The highest BCUT2D eigenvalue weighted by atomic mass is 35.5. The smallest absolute Gasteiger partial charge is 0.341 e. The fraction of sp³-hybridized carbons (Fsp3) is 0.375. The lowest BCUT2D eigenvalue weighted by atomic mass is 9.96. The Morgan fingerprint density at radius 1 is 1.32 bits per heavy atom. The van der Waals surface area contributed by atoms with E-state index in [0.717, 1.165) is 5.56 Å². The Morgan fingerprint density at radius 3 is 2.60 bits per heavy atom. The maximum absolute atomic E-state index is 12.2. The zero-order valence-electron chi connectivity index (χ0n) is 13.2. The van der Waals surface area contributed by atoms with Gasteiger partial charge in [-0.05, 0) is 17.8 Å². The molecule has 1 heterocycles. The molecule has 0 radical (unpaired) electrons. The summed E-state index contributed by atoms with van der Waals surface area (Å²) in [7, 11) is 0. The molecule has 1 aliphatic heterocycles. The Hall–Kier alpha value is -2.19. The normalized spacial score (nSPS) is 19.1. The lowest BCUT2D eigenvalue weighted by molar-refractivity contribution is -0.151. The molecule has 1 aliphatic rings. The van der Waals surface area contributed by atoms with Gasteiger partial charge in [-0.2, -0.15) is 0 Å². The topological polar surface area (TPSA) is 95.9 Å². The minimum atomic E-state index is -1.16. The van der Waals surface area contributed by atoms with Gasteiger partial charge in [-0.1, -0.05) is 30.3 Å². The van der Waals surface area contributed by atoms with E-state index in [1.165, 1.54) is 4.90 Å². The largest absolute Gasteiger partial charge is 0.479 e. The number of carboxylic acid groups (broad SMARTS) is 1. The van der Waals surface area contributed by atoms with Gasteiger partial charge in [0.05, 0.1) is 19.0 Å². The standard InChI is InChI=1S/C16H17ClN2O5S/c17-7-11-15(18-12(20)6-10-4-2-1-3-5-10)16(23)19(11)8-14(25)24-9-13(21)22/h1-5,11,15H,6-9H2,(H,18,20)(H,21,22)/t11-,15+/m0/s1. The number of aliphatic carboxylic acids is 1. The highest BCUT2D eigenvalue weighted by molar-refractivity contribution is 7.80. The third-order valence-corrected chi connectivity index (χ3v) is 4.24. The molecule has 0 saturated carbocycles. The number of thiocarbonyl (C=S) groups is 1. The van der Waals surface area contributed by atoms with Crippen LogP contribution in [0.25, 0.3) is 0 Å². The van der Waals surface area contributed by atoms with E-state index in [1.54, 1.807) is 0 Å². The van der Waals surface area contributed by atoms with Crippen LogP contribution in [-0.4, -0.2) is 64.0 Å². The summed E-state index contributed by atoms with van der Waals surface area (Å²) in [5, 5.41) is 11.2. The number of rotatable bonds is 8. The zero-order valence-corrected chi connectivity index (χ0v) is 14.8. The number of carbonyl (C=O) groups is 3. The first-order valence-electron chi connectivity index (χ1n) is 7.49. The van der Waals surface area contributed by atoms with Crippen LogP contribution in [0.3, 0.4) is 0 Å². The number of β-lactam (4-membered cyclic amide) rings is 1. The van der Waals surface area contributed by atoms with Crippen LogP contribution in [0.4, 0.5) is 0 Å². The van der Waals surface area contributed by atoms with Gasteiger partial charge in [0.15, 0.2) is 11.7 Å². The molecule has 2 amide bonds. The number of carboxylic acids is 1. The summed E-state index contributed by atoms with van der Waals surface area (Å²) < 4.78 is 4.85. The molecule has 2 N–H and O–H groups in total. The van der Waals surface area contributed by atoms with Gasteiger partial charge >= 0.3 is 5.97 Å². The van der Waals surface area contributed by atoms with Crippen molar-refractivity contribution in [2.45, 2.75) is 18.5 Å². The molecule has 2 atom stereocenters. The molecule has 0 spiro atoms. The van der Waals surface area contributed by atoms with Crippen LogP contribution in [-0.2, 0) is 25.5 Å². The van der Waals surface area contributed by atoms with E-state index in [2.05, 4.69) is 5.32 Å². The van der Waals surface area contributed by atoms with E-state index >= 15 is 0 Å². The van der Waals surface area contributed by atoms with Crippen molar-refractivity contribution in [1.82, 2.24) is 10.2 Å². The summed E-state index contributed by atoms with van der Waals surface area (Å²) in [6.07, 6.45) is 0.166. The molecule has 1 aromatic carbocycles. The number of hydrogen-bond acceptors (Lipinski definition) is 5. The summed E-state index contributed by atoms with van der Waals surface area (Å²) >= 11 is 10.8. The first kappa shape index (κ1) is 19.1. The molecule has 1 fully saturated rings. The summed E-state index contributed by atoms with van der Waals surface area (Å²) in [6.45, 7) is -0.604. The van der Waals surface area contributed by atoms with E-state index in [-0.39, 0.29) is 35.7 Å². The molecule has 9 heteroatoms. The minimum Gasteiger partial charge on any atom is -0.479 e. The second-order valence-corrected chi connectivity index (χ2v) is 6.21. The zero-order chi connectivity index (χ0) is 18.4. The number of nitrogens with zero attached hydrogens (tertiary/aromatic N) is 1. The van der Waals surface area contributed by atoms with Gasteiger partial charge in [-0.15, -0.1) is 11.6 Å². The molecule has 1 saturated heterocycles. The number of amides is 2. The molecule has 2 rings (SSSR count). The van der Waals surface area contributed by atoms with Crippen molar-refractivity contribution in [2.24, 2.45) is 0 Å². The van der Waals surface area contributed by atoms with Crippen LogP contribution in [0.15, 0.2) is 30.3 Å². The van der Waals surface area contributed by atoms with Gasteiger partial charge < -0.3 is 20.1 Å². The Labute approximate surface area is 154 Å². The Kier molecular flexibility index (Phi) is 6.72. The highest BCUT2D eigenvalue weighted by Crippen LogP contribution is 2.22. The van der Waals surface area contributed by atoms with Crippen molar-refractivity contribution >= 4 is 46.7 Å². The van der Waals surface area contributed by atoms with Crippen LogP contribution in [0.1, 0.15) is 5.56 Å². The van der Waals surface area contributed by atoms with Gasteiger partial charge in [0.2, 0.25) is 11.8 Å². The summed E-state index contributed by atoms with van der Waals surface area (Å²) in [4.78, 5) is 36.1. The molecule has 0 unspecified atom stereocenters. The fourth-order valence-corrected chi connectivity index (χ4v) is 3.01. The molecule has 0 aliphatic carbocycles. The Morgan fingerprint density at radius 2 is 2.00 bits per heavy atom. The average Bonchev–Trinajstić information content (AvgIpc) is 2.59. The molecule has 25 heavy (non-hydrogen) atoms. The van der Waals surface area contributed by atoms with Gasteiger partial charge in [0.1, 0.15) is 6.04 Å². The number of carbonyl (C=O) groups excluding carboxylic acids is 2. The molecule has 0 bridgehead atoms. The van der Waals surface area contributed by atoms with Gasteiger partial charge in [0, 0.05) is 5.88 Å². The SMILES string of the molecule is O=C(O)COC(=S)CN1C(=O)[C@H](NC(=O)Cc2ccccc2)[C@@H]1CCl. The predicted molar refractivity (Wildman–Crippen MR) is 94.5 cm³/mol. The molecular formula is C16H17ClN2O5S. The number of nitrogens with one attached hydrogen (secondary N) is 1. The van der Waals surface area contributed by atoms with Crippen molar-refractivity contribution in [3.05, 3.63) is 35.9 Å². The molecule has 1 aromatic rings. The Balaban J connectivity index is 1.86. The average molecular weight is 385 g/mol. The van der Waals surface area contributed by atoms with Crippen molar-refractivity contribution < 1.29 is 24.2 Å². The maximum Gasteiger partial charge on any atom is 0.341 e. The van der Waals surface area contributed by atoms with Gasteiger partial charge in [0.25, 0.3) is 0 Å². The first-order chi connectivity index (χ1) is 11.9. The number of ether oxygens (including phenoxy) is 1. The number of halogens is 1. The highest BCUT2D eigenvalue weighted by Gasteiger charge is 2.47. The van der Waals surface area contributed by atoms with Crippen LogP contribution in [0.2, 0.25) is 0 Å². The monoisotopic (exact) mass is 384 g/mol. The lowest BCUT2D eigenvalue weighted by Gasteiger charge is -2.46. The molecular weight excluding hydrogens is 368 g/mol. The second-order valence-electron chi connectivity index (χ2n) is 5.45. The summed E-state index contributed by atoms with van der Waals surface area (Å²) in [5.41, 5.74) is 0.842. The van der Waals surface area contributed by atoms with Crippen LogP contribution < -0.4 is 5.32 Å². The third-order valence-electron chi connectivity index (χ3n) is 3.67. The van der Waals surface area contributed by atoms with Crippen LogP contribution in [0, 0.1) is 0 Å². The molecule has 134 valence electrons. The van der Waals surface area contributed by atoms with Crippen molar-refractivity contribution in [3.63, 3.8) is 0 Å². The van der Waals surface area contributed by atoms with E-state index < -0.39 is 24.7 Å². The fourth-order valence-electron chi connectivity index (χ4n) is 2.46. The van der Waals surface area contributed by atoms with Gasteiger partial charge in [-0.25, -0.2) is 4.79 Å². The van der Waals surface area contributed by atoms with E-state index in [1.807, 2.05) is 30.3 Å². The summed E-state index contributed by atoms with van der Waals surface area (Å²) in [5.74, 6) is -1.64. The Bertz CT molecular complexity index is 670. The number of likely N-dealkylation sites (tertiary alicyclic amines) is 1. The quantitative estimate of drug-likeness (QED) is 0.387. The lowest BCUT2D eigenvalue weighted by Crippen LogP contribution is -2.72. The van der Waals surface area contributed by atoms with Crippen LogP contribution >= 0.6 is 23.8 Å². The molecule has 7 nitrogen and oxygen atoms in total. The maximum atomic E-state index is 12.2. The number of alkyl halides is 1. The van der Waals surface area contributed by atoms with Crippen molar-refractivity contribution in [1.29, 1.82) is 0 Å². The third kappa shape index (κ3) is 5.14. The second kappa shape index (κ2) is 8.77. The van der Waals surface area contributed by atoms with Crippen molar-refractivity contribution in [2.75, 3.05) is 19.0 Å². The van der Waals surface area contributed by atoms with Crippen LogP contribution in [0.5, 0.6) is 0 Å². The van der Waals surface area contributed by atoms with Crippen molar-refractivity contribution in [3.8, 4) is 0 Å². The van der Waals surface area contributed by atoms with E-state index in [0.29, 0.717) is 0 Å². The summed E-state index contributed by atoms with van der Waals surface area (Å²) in [6, 6.07) is 8.04.